The van der Waals surface area contributed by atoms with Gasteiger partial charge in [0.05, 0.1) is 36.9 Å². The Morgan fingerprint density at radius 1 is 1.28 bits per heavy atom. The Hall–Kier alpha value is -3.39. The molecule has 3 aromatic heterocycles. The Bertz CT molecular complexity index is 1290. The Morgan fingerprint density at radius 2 is 2.21 bits per heavy atom. The average molecular weight is 387 g/mol. The highest BCUT2D eigenvalue weighted by Crippen LogP contribution is 2.23. The van der Waals surface area contributed by atoms with E-state index in [2.05, 4.69) is 51.6 Å². The molecule has 1 aliphatic heterocycles. The maximum absolute atomic E-state index is 9.10. The van der Waals surface area contributed by atoms with Crippen molar-refractivity contribution in [1.29, 1.82) is 0 Å². The molecule has 0 spiro atoms. The Labute approximate surface area is 166 Å². The number of hydrogen-bond acceptors (Lipinski definition) is 6. The number of fused-ring (bicyclic) bond motifs is 2. The summed E-state index contributed by atoms with van der Waals surface area (Å²) in [6, 6.07) is 10.2. The van der Waals surface area contributed by atoms with E-state index in [4.69, 9.17) is 10.1 Å². The molecule has 2 atom stereocenters. The predicted octanol–water partition coefficient (Wildman–Crippen LogP) is 1.17. The van der Waals surface area contributed by atoms with E-state index < -0.39 is 0 Å². The molecule has 0 aliphatic carbocycles. The minimum absolute atomic E-state index is 0.0103. The summed E-state index contributed by atoms with van der Waals surface area (Å²) in [6.07, 6.45) is 8.40. The van der Waals surface area contributed by atoms with Crippen molar-refractivity contribution in [3.8, 4) is 0 Å². The lowest BCUT2D eigenvalue weighted by Crippen LogP contribution is -2.35. The van der Waals surface area contributed by atoms with Crippen LogP contribution in [0.25, 0.3) is 17.0 Å². The van der Waals surface area contributed by atoms with Crippen molar-refractivity contribution < 1.29 is 5.11 Å². The minimum atomic E-state index is -0.0276. The highest BCUT2D eigenvalue weighted by atomic mass is 16.3. The van der Waals surface area contributed by atoms with Gasteiger partial charge in [-0.15, -0.1) is 5.10 Å². The molecule has 0 fully saturated rings. The molecule has 0 saturated heterocycles. The zero-order valence-electron chi connectivity index (χ0n) is 16.0. The van der Waals surface area contributed by atoms with E-state index in [1.54, 1.807) is 10.9 Å². The maximum atomic E-state index is 9.10. The molecule has 29 heavy (non-hydrogen) atoms. The number of pyridine rings is 1. The summed E-state index contributed by atoms with van der Waals surface area (Å²) < 4.78 is 3.62. The zero-order valence-corrected chi connectivity index (χ0v) is 16.0. The molecule has 2 unspecified atom stereocenters. The van der Waals surface area contributed by atoms with Crippen molar-refractivity contribution in [3.63, 3.8) is 0 Å². The van der Waals surface area contributed by atoms with Crippen molar-refractivity contribution >= 4 is 17.0 Å². The number of hydrogen-bond donors (Lipinski definition) is 1. The van der Waals surface area contributed by atoms with Gasteiger partial charge in [0.15, 0.2) is 5.49 Å². The standard InChI is InChI=1S/C21H21N7O/c1-14(15-4-5-18-16(11-15)3-2-8-22-18)28-21-20(25-26-28)7-6-19(24-21)17-12-23-27(13-17)9-10-29/h2-5,7-8,11-14,19,29H,6,9-10H2,1H3. The van der Waals surface area contributed by atoms with E-state index in [0.717, 1.165) is 39.3 Å². The molecule has 1 aliphatic rings. The summed E-state index contributed by atoms with van der Waals surface area (Å²) in [7, 11) is 0. The lowest BCUT2D eigenvalue weighted by molar-refractivity contribution is 0.269. The molecule has 0 saturated carbocycles. The van der Waals surface area contributed by atoms with Crippen molar-refractivity contribution in [2.45, 2.75) is 32.0 Å². The third kappa shape index (κ3) is 3.21. The summed E-state index contributed by atoms with van der Waals surface area (Å²) in [5.74, 6) is 0. The van der Waals surface area contributed by atoms with Crippen LogP contribution in [0.15, 0.2) is 53.9 Å². The average Bonchev–Trinajstić information content (AvgIpc) is 3.40. The summed E-state index contributed by atoms with van der Waals surface area (Å²) in [5.41, 5.74) is 3.92. The second-order valence-corrected chi connectivity index (χ2v) is 7.22. The zero-order chi connectivity index (χ0) is 19.8. The van der Waals surface area contributed by atoms with Gasteiger partial charge >= 0.3 is 0 Å². The van der Waals surface area contributed by atoms with Crippen LogP contribution in [0.1, 0.15) is 36.6 Å². The molecule has 1 N–H and O–H groups in total. The first-order chi connectivity index (χ1) is 14.2. The lowest BCUT2D eigenvalue weighted by Gasteiger charge is -2.15. The van der Waals surface area contributed by atoms with E-state index in [9.17, 15) is 0 Å². The van der Waals surface area contributed by atoms with E-state index in [1.807, 2.05) is 29.2 Å². The van der Waals surface area contributed by atoms with E-state index in [0.29, 0.717) is 6.54 Å². The van der Waals surface area contributed by atoms with Crippen LogP contribution in [-0.4, -0.2) is 41.5 Å². The first kappa shape index (κ1) is 17.7. The molecule has 1 aromatic carbocycles. The highest BCUT2D eigenvalue weighted by Gasteiger charge is 2.19. The summed E-state index contributed by atoms with van der Waals surface area (Å²) in [4.78, 5) is 9.33. The minimum Gasteiger partial charge on any atom is -0.394 e. The predicted molar refractivity (Wildman–Crippen MR) is 107 cm³/mol. The van der Waals surface area contributed by atoms with Crippen LogP contribution in [0.3, 0.4) is 0 Å². The van der Waals surface area contributed by atoms with Crippen LogP contribution in [0.2, 0.25) is 0 Å². The quantitative estimate of drug-likeness (QED) is 0.555. The van der Waals surface area contributed by atoms with Crippen LogP contribution in [0.4, 0.5) is 0 Å². The van der Waals surface area contributed by atoms with Crippen LogP contribution in [0.5, 0.6) is 0 Å². The molecule has 8 heteroatoms. The number of aliphatic hydroxyl groups excluding tert-OH is 1. The Balaban J connectivity index is 1.52. The van der Waals surface area contributed by atoms with Gasteiger partial charge in [-0.05, 0) is 37.1 Å². The monoisotopic (exact) mass is 387 g/mol. The van der Waals surface area contributed by atoms with Crippen molar-refractivity contribution in [3.05, 3.63) is 70.9 Å². The van der Waals surface area contributed by atoms with Gasteiger partial charge in [-0.1, -0.05) is 23.4 Å². The second-order valence-electron chi connectivity index (χ2n) is 7.22. The van der Waals surface area contributed by atoms with Crippen molar-refractivity contribution in [2.24, 2.45) is 4.99 Å². The lowest BCUT2D eigenvalue weighted by atomic mass is 10.1. The SMILES string of the molecule is CC(c1ccc2ncccc2c1)n1nnc2c1=NC(c1cnn(CCO)c1)CC=2. The number of nitrogens with zero attached hydrogens (tertiary/aromatic N) is 7. The molecule has 146 valence electrons. The van der Waals surface area contributed by atoms with E-state index in [1.165, 1.54) is 0 Å². The summed E-state index contributed by atoms with van der Waals surface area (Å²) >= 11 is 0. The third-order valence-corrected chi connectivity index (χ3v) is 5.35. The first-order valence-corrected chi connectivity index (χ1v) is 9.70. The van der Waals surface area contributed by atoms with Gasteiger partial charge in [0, 0.05) is 23.3 Å². The molecule has 0 amide bonds. The molecule has 0 radical (unpaired) electrons. The molecular weight excluding hydrogens is 366 g/mol. The van der Waals surface area contributed by atoms with Gasteiger partial charge in [-0.25, -0.2) is 4.68 Å². The molecular formula is C21H21N7O. The molecule has 4 heterocycles. The number of aliphatic hydroxyl groups is 1. The maximum Gasteiger partial charge on any atom is 0.174 e. The normalized spacial score (nSPS) is 16.8. The second kappa shape index (κ2) is 7.21. The fraction of sp³-hybridized carbons (Fsp3) is 0.286. The smallest absolute Gasteiger partial charge is 0.174 e. The Morgan fingerprint density at radius 3 is 3.10 bits per heavy atom. The van der Waals surface area contributed by atoms with Gasteiger partial charge in [0.2, 0.25) is 0 Å². The van der Waals surface area contributed by atoms with Crippen LogP contribution in [0, 0.1) is 0 Å². The van der Waals surface area contributed by atoms with Gasteiger partial charge in [-0.3, -0.25) is 14.7 Å². The van der Waals surface area contributed by atoms with Crippen LogP contribution in [-0.2, 0) is 6.54 Å². The van der Waals surface area contributed by atoms with E-state index in [-0.39, 0.29) is 18.7 Å². The van der Waals surface area contributed by atoms with Gasteiger partial charge < -0.3 is 5.11 Å². The highest BCUT2D eigenvalue weighted by molar-refractivity contribution is 5.79. The largest absolute Gasteiger partial charge is 0.394 e. The summed E-state index contributed by atoms with van der Waals surface area (Å²) in [5, 5.41) is 24.0. The third-order valence-electron chi connectivity index (χ3n) is 5.35. The number of benzene rings is 1. The molecule has 4 aromatic rings. The van der Waals surface area contributed by atoms with Crippen molar-refractivity contribution in [2.75, 3.05) is 6.61 Å². The molecule has 0 bridgehead atoms. The molecule has 8 nitrogen and oxygen atoms in total. The first-order valence-electron chi connectivity index (χ1n) is 9.70. The number of aromatic nitrogens is 6. The number of rotatable bonds is 5. The topological polar surface area (TPSA) is 94.0 Å². The summed E-state index contributed by atoms with van der Waals surface area (Å²) in [6.45, 7) is 2.65. The van der Waals surface area contributed by atoms with Crippen molar-refractivity contribution in [1.82, 2.24) is 29.8 Å². The fourth-order valence-electron chi connectivity index (χ4n) is 3.72. The van der Waals surface area contributed by atoms with Gasteiger partial charge in [0.25, 0.3) is 0 Å². The van der Waals surface area contributed by atoms with Gasteiger partial charge in [0.1, 0.15) is 5.35 Å². The van der Waals surface area contributed by atoms with Gasteiger partial charge in [-0.2, -0.15) is 5.10 Å². The molecule has 5 rings (SSSR count). The fourth-order valence-corrected chi connectivity index (χ4v) is 3.72. The van der Waals surface area contributed by atoms with Crippen LogP contribution >= 0.6 is 0 Å². The van der Waals surface area contributed by atoms with E-state index >= 15 is 0 Å². The van der Waals surface area contributed by atoms with Crippen LogP contribution < -0.4 is 10.8 Å². The Kier molecular flexibility index (Phi) is 4.40.